The van der Waals surface area contributed by atoms with E-state index < -0.39 is 24.2 Å². The first-order valence-corrected chi connectivity index (χ1v) is 47.3. The Hall–Kier alpha value is -1.36. The van der Waals surface area contributed by atoms with Crippen molar-refractivity contribution in [2.24, 2.45) is 16.7 Å². The molecule has 0 bridgehead atoms. The number of rotatable bonds is 7. The molecular weight excluding hydrogens is 1230 g/mol. The third-order valence-corrected chi connectivity index (χ3v) is 31.3. The van der Waals surface area contributed by atoms with E-state index in [0.717, 1.165) is 71.2 Å². The van der Waals surface area contributed by atoms with E-state index in [1.54, 1.807) is 45.9 Å². The lowest BCUT2D eigenvalue weighted by atomic mass is 9.67. The second kappa shape index (κ2) is 32.6. The summed E-state index contributed by atoms with van der Waals surface area (Å²) in [4.78, 5) is 0. The average Bonchev–Trinajstić information content (AvgIpc) is 3.84. The monoisotopic (exact) mass is 1310 g/mol. The first-order valence-electron chi connectivity index (χ1n) is 26.4. The van der Waals surface area contributed by atoms with Gasteiger partial charge in [-0.05, 0) is 157 Å². The van der Waals surface area contributed by atoms with E-state index in [4.69, 9.17) is 34.8 Å². The fourth-order valence-electron chi connectivity index (χ4n) is 10.7. The number of aliphatic hydroxyl groups excluding tert-OH is 3. The van der Waals surface area contributed by atoms with Crippen LogP contribution in [0.3, 0.4) is 0 Å². The van der Waals surface area contributed by atoms with E-state index >= 15 is 0 Å². The molecule has 7 rings (SSSR count). The smallest absolute Gasteiger partial charge is 0.129 e. The van der Waals surface area contributed by atoms with Crippen molar-refractivity contribution in [3.05, 3.63) is 150 Å². The van der Waals surface area contributed by atoms with Gasteiger partial charge in [-0.15, -0.1) is 24.0 Å². The van der Waals surface area contributed by atoms with Crippen LogP contribution >= 0.6 is 34.8 Å². The summed E-state index contributed by atoms with van der Waals surface area (Å²) >= 11 is 27.1. The molecule has 17 heteroatoms. The van der Waals surface area contributed by atoms with Gasteiger partial charge in [0.15, 0.2) is 0 Å². The fraction of sp³-hybridized carbons (Fsp3) is 0.475. The Morgan fingerprint density at radius 2 is 1.19 bits per heavy atom. The summed E-state index contributed by atoms with van der Waals surface area (Å²) in [5.74, 6) is 9.37. The van der Waals surface area contributed by atoms with E-state index in [9.17, 15) is 15.3 Å². The highest BCUT2D eigenvalue weighted by atomic mass is 35.5. The summed E-state index contributed by atoms with van der Waals surface area (Å²) in [6, 6.07) is 24.1. The lowest BCUT2D eigenvalue weighted by Gasteiger charge is -2.44. The minimum atomic E-state index is -1.48. The highest BCUT2D eigenvalue weighted by Crippen LogP contribution is 2.59. The van der Waals surface area contributed by atoms with Gasteiger partial charge in [-0.2, -0.15) is 0 Å². The molecule has 0 unspecified atom stereocenters. The number of allylic oxidation sites excluding steroid dienone is 6. The molecule has 0 spiro atoms. The molecule has 4 aliphatic carbocycles. The van der Waals surface area contributed by atoms with Gasteiger partial charge in [-0.25, -0.2) is 0 Å². The third kappa shape index (κ3) is 23.0. The van der Waals surface area contributed by atoms with Gasteiger partial charge in [0, 0.05) is 109 Å². The molecule has 4 aliphatic rings. The van der Waals surface area contributed by atoms with E-state index in [1.165, 1.54) is 56.8 Å². The van der Waals surface area contributed by atoms with Gasteiger partial charge in [0.05, 0.1) is 34.5 Å². The molecule has 426 valence electrons. The number of benzene rings is 3. The van der Waals surface area contributed by atoms with Crippen LogP contribution in [0.5, 0.6) is 0 Å². The molecule has 0 aliphatic heterocycles. The second-order valence-corrected chi connectivity index (χ2v) is 51.1. The van der Waals surface area contributed by atoms with Crippen LogP contribution in [0.15, 0.2) is 119 Å². The number of halogens is 3. The maximum Gasteiger partial charge on any atom is 0.129 e. The van der Waals surface area contributed by atoms with Crippen molar-refractivity contribution in [1.29, 1.82) is 0 Å². The highest BCUT2D eigenvalue weighted by Gasteiger charge is 2.50. The van der Waals surface area contributed by atoms with Gasteiger partial charge in [0.1, 0.15) is 8.07 Å². The van der Waals surface area contributed by atoms with Crippen molar-refractivity contribution >= 4 is 146 Å². The van der Waals surface area contributed by atoms with Crippen LogP contribution in [0.1, 0.15) is 109 Å². The molecule has 0 saturated heterocycles. The Morgan fingerprint density at radius 1 is 0.718 bits per heavy atom. The first kappa shape index (κ1) is 70.9. The van der Waals surface area contributed by atoms with Crippen LogP contribution in [0.25, 0.3) is 11.1 Å². The predicted molar refractivity (Wildman–Crippen MR) is 373 cm³/mol. The van der Waals surface area contributed by atoms with Crippen molar-refractivity contribution < 1.29 is 15.3 Å². The SMILES string of the molecule is C=C(C)C[C@@H](O)CC#CCC.C=C1C(c2ccc(Cl)cc2)=C([Si](C)(C)C)C[C@@]2(C)C[C@@H](O)C[C@H]12.CC1=C2C[C@H](O)C[C@]2(C)CC([Si](C)(C)C)=C1c1ccc(Cl)cc1.C[Si](C)(C)C#Cc1ccc(Cl)cc1.S=S=S=S=S=S=S=S. The largest absolute Gasteiger partial charge is 0.393 e. The minimum Gasteiger partial charge on any atom is -0.393 e. The summed E-state index contributed by atoms with van der Waals surface area (Å²) in [6.07, 6.45) is 7.09. The molecule has 3 aromatic rings. The molecule has 0 radical (unpaired) electrons. The molecule has 78 heavy (non-hydrogen) atoms. The van der Waals surface area contributed by atoms with E-state index in [2.05, 4.69) is 163 Å². The van der Waals surface area contributed by atoms with Crippen LogP contribution in [-0.4, -0.2) is 57.9 Å². The zero-order chi connectivity index (χ0) is 58.8. The maximum absolute atomic E-state index is 10.3. The van der Waals surface area contributed by atoms with E-state index in [1.807, 2.05) is 62.4 Å². The van der Waals surface area contributed by atoms with Crippen molar-refractivity contribution in [3.8, 4) is 23.3 Å². The molecular formula is C61H83Cl3O3S8Si3. The van der Waals surface area contributed by atoms with Gasteiger partial charge in [0.2, 0.25) is 0 Å². The van der Waals surface area contributed by atoms with Gasteiger partial charge in [-0.3, -0.25) is 0 Å². The molecule has 0 amide bonds. The molecule has 6 atom stereocenters. The Morgan fingerprint density at radius 3 is 1.64 bits per heavy atom. The van der Waals surface area contributed by atoms with E-state index in [-0.39, 0.29) is 29.1 Å². The summed E-state index contributed by atoms with van der Waals surface area (Å²) in [6.45, 7) is 40.3. The number of fused-ring (bicyclic) bond motifs is 2. The average molecular weight is 1310 g/mol. The molecule has 3 aromatic carbocycles. The van der Waals surface area contributed by atoms with Crippen LogP contribution < -0.4 is 0 Å². The molecule has 3 nitrogen and oxygen atoms in total. The molecule has 0 aromatic heterocycles. The third-order valence-electron chi connectivity index (χ3n) is 14.1. The molecule has 3 N–H and O–H groups in total. The number of hydrogen-bond acceptors (Lipinski definition) is 5. The topological polar surface area (TPSA) is 60.7 Å². The quantitative estimate of drug-likeness (QED) is 0.125. The summed E-state index contributed by atoms with van der Waals surface area (Å²) in [7, 11) is 4.94. The minimum absolute atomic E-state index is 0.148. The predicted octanol–water partition coefficient (Wildman–Crippen LogP) is 17.2. The zero-order valence-electron chi connectivity index (χ0n) is 48.3. The Kier molecular flexibility index (Phi) is 29.7. The molecule has 2 saturated carbocycles. The molecule has 2 fully saturated rings. The van der Waals surface area contributed by atoms with Crippen molar-refractivity contribution in [1.82, 2.24) is 0 Å². The summed E-state index contributed by atoms with van der Waals surface area (Å²) < 4.78 is 0. The van der Waals surface area contributed by atoms with Gasteiger partial charge in [0.25, 0.3) is 0 Å². The summed E-state index contributed by atoms with van der Waals surface area (Å²) in [5, 5.41) is 35.4. The lowest BCUT2D eigenvalue weighted by molar-refractivity contribution is 0.163. The number of aliphatic hydroxyl groups is 3. The van der Waals surface area contributed by atoms with Gasteiger partial charge >= 0.3 is 0 Å². The van der Waals surface area contributed by atoms with Crippen molar-refractivity contribution in [2.45, 2.75) is 170 Å². The Balaban J connectivity index is 0.000000272. The first-order chi connectivity index (χ1) is 36.3. The Bertz CT molecular complexity index is 3070. The number of hydrogen-bond donors (Lipinski definition) is 3. The maximum atomic E-state index is 10.3. The van der Waals surface area contributed by atoms with Crippen molar-refractivity contribution in [3.63, 3.8) is 0 Å². The van der Waals surface area contributed by atoms with E-state index in [0.29, 0.717) is 18.8 Å². The van der Waals surface area contributed by atoms with Crippen LogP contribution in [0.2, 0.25) is 74.0 Å². The Labute approximate surface area is 515 Å². The lowest BCUT2D eigenvalue weighted by Crippen LogP contribution is -2.37. The standard InChI is InChI=1S/2C20H27ClOSi.C11H13ClSi.C10H16O.S8/c2*1-13-17-10-16(22)11-20(17,2)12-18(23(3,4)5)19(13)14-6-8-15(21)9-7-14;1-13(2,3)9-8-10-4-6-11(12)7-5-10;1-4-5-6-7-10(11)8-9(2)3;1-3-5-7-8-6-4-2/h6-9,16,22H,10-12H2,1-5H3;6-9,16-17,22H,1,10-12H2,2-5H3;4-7H,1-3H3;10-11H,2,4,7-8H2,1,3H3;/t16-,20+;16-,17+,20+;;10-;/m00.0./s1. The van der Waals surface area contributed by atoms with Crippen LogP contribution in [0, 0.1) is 40.1 Å². The van der Waals surface area contributed by atoms with Crippen LogP contribution in [-0.2, 0) is 75.7 Å². The second-order valence-electron chi connectivity index (χ2n) is 24.3. The van der Waals surface area contributed by atoms with Crippen LogP contribution in [0.4, 0.5) is 0 Å². The zero-order valence-corrected chi connectivity index (χ0v) is 60.1. The van der Waals surface area contributed by atoms with Crippen molar-refractivity contribution in [2.75, 3.05) is 0 Å². The van der Waals surface area contributed by atoms with Gasteiger partial charge in [-0.1, -0.05) is 173 Å². The normalized spacial score (nSPS) is 21.7. The highest BCUT2D eigenvalue weighted by molar-refractivity contribution is 8.70. The summed E-state index contributed by atoms with van der Waals surface area (Å²) in [5.41, 5.74) is 15.1. The molecule has 0 heterocycles. The van der Waals surface area contributed by atoms with Gasteiger partial charge < -0.3 is 15.3 Å². The fourth-order valence-corrected chi connectivity index (χ4v) is 26.5.